The highest BCUT2D eigenvalue weighted by molar-refractivity contribution is 5.97. The molecule has 0 bridgehead atoms. The first-order valence-electron chi connectivity index (χ1n) is 10.6. The Morgan fingerprint density at radius 2 is 1.55 bits per heavy atom. The van der Waals surface area contributed by atoms with Crippen LogP contribution in [0.4, 0.5) is 5.69 Å². The smallest absolute Gasteiger partial charge is 0.276 e. The highest BCUT2D eigenvalue weighted by Gasteiger charge is 2.21. The summed E-state index contributed by atoms with van der Waals surface area (Å²) in [5.41, 5.74) is 7.81. The van der Waals surface area contributed by atoms with E-state index in [-0.39, 0.29) is 18.4 Å². The Balaban J connectivity index is 1.43. The first kappa shape index (κ1) is 22.3. The molecule has 7 nitrogen and oxygen atoms in total. The first-order chi connectivity index (χ1) is 14.9. The van der Waals surface area contributed by atoms with Crippen molar-refractivity contribution >= 4 is 23.4 Å². The summed E-state index contributed by atoms with van der Waals surface area (Å²) >= 11 is 0. The Labute approximate surface area is 182 Å². The van der Waals surface area contributed by atoms with Gasteiger partial charge in [0.25, 0.3) is 11.8 Å². The van der Waals surface area contributed by atoms with Crippen molar-refractivity contribution in [2.45, 2.75) is 46.0 Å². The third kappa shape index (κ3) is 6.84. The predicted octanol–water partition coefficient (Wildman–Crippen LogP) is 3.66. The number of amides is 3. The molecule has 2 aromatic rings. The molecule has 0 radical (unpaired) electrons. The molecule has 0 aromatic heterocycles. The fourth-order valence-electron chi connectivity index (χ4n) is 3.71. The van der Waals surface area contributed by atoms with Gasteiger partial charge in [-0.15, -0.1) is 0 Å². The summed E-state index contributed by atoms with van der Waals surface area (Å²) < 4.78 is 5.47. The molecule has 0 spiro atoms. The highest BCUT2D eigenvalue weighted by Crippen LogP contribution is 2.25. The molecule has 0 aliphatic heterocycles. The second-order valence-corrected chi connectivity index (χ2v) is 8.02. The van der Waals surface area contributed by atoms with E-state index in [2.05, 4.69) is 16.2 Å². The number of rotatable bonds is 6. The SMILES string of the molecule is Cc1cc(C)cc(OCC(=O)NNC(=O)c2ccc(NC(=O)C3CCCCC3)cc2)c1. The van der Waals surface area contributed by atoms with E-state index in [0.717, 1.165) is 36.8 Å². The van der Waals surface area contributed by atoms with E-state index >= 15 is 0 Å². The van der Waals surface area contributed by atoms with Crippen LogP contribution in [0, 0.1) is 19.8 Å². The average molecular weight is 424 g/mol. The molecular weight excluding hydrogens is 394 g/mol. The zero-order valence-corrected chi connectivity index (χ0v) is 18.0. The number of hydrogen-bond acceptors (Lipinski definition) is 4. The van der Waals surface area contributed by atoms with Crippen LogP contribution in [0.15, 0.2) is 42.5 Å². The molecule has 1 aliphatic carbocycles. The minimum absolute atomic E-state index is 0.0352. The lowest BCUT2D eigenvalue weighted by Crippen LogP contribution is -2.43. The highest BCUT2D eigenvalue weighted by atomic mass is 16.5. The molecule has 164 valence electrons. The summed E-state index contributed by atoms with van der Waals surface area (Å²) in [6, 6.07) is 12.3. The van der Waals surface area contributed by atoms with E-state index in [1.54, 1.807) is 24.3 Å². The van der Waals surface area contributed by atoms with Crippen molar-refractivity contribution < 1.29 is 19.1 Å². The molecule has 3 amide bonds. The Morgan fingerprint density at radius 3 is 2.19 bits per heavy atom. The Kier molecular flexibility index (Phi) is 7.65. The van der Waals surface area contributed by atoms with Crippen molar-refractivity contribution in [3.63, 3.8) is 0 Å². The maximum Gasteiger partial charge on any atom is 0.276 e. The summed E-state index contributed by atoms with van der Waals surface area (Å²) in [6.45, 7) is 3.69. The molecule has 0 saturated heterocycles. The number of nitrogens with one attached hydrogen (secondary N) is 3. The number of aryl methyl sites for hydroxylation is 2. The van der Waals surface area contributed by atoms with Crippen LogP contribution in [-0.2, 0) is 9.59 Å². The molecule has 0 unspecified atom stereocenters. The number of hydrogen-bond donors (Lipinski definition) is 3. The van der Waals surface area contributed by atoms with Gasteiger partial charge in [0.1, 0.15) is 5.75 Å². The minimum atomic E-state index is -0.469. The normalized spacial score (nSPS) is 13.9. The van der Waals surface area contributed by atoms with Crippen molar-refractivity contribution in [2.75, 3.05) is 11.9 Å². The minimum Gasteiger partial charge on any atom is -0.484 e. The van der Waals surface area contributed by atoms with Crippen molar-refractivity contribution in [1.82, 2.24) is 10.9 Å². The molecule has 2 aromatic carbocycles. The van der Waals surface area contributed by atoms with Crippen LogP contribution in [0.1, 0.15) is 53.6 Å². The number of carbonyl (C=O) groups is 3. The molecule has 1 saturated carbocycles. The summed E-state index contributed by atoms with van der Waals surface area (Å²) in [6.07, 6.45) is 5.25. The third-order valence-electron chi connectivity index (χ3n) is 5.27. The Morgan fingerprint density at radius 1 is 0.903 bits per heavy atom. The summed E-state index contributed by atoms with van der Waals surface area (Å²) in [4.78, 5) is 36.5. The summed E-state index contributed by atoms with van der Waals surface area (Å²) in [7, 11) is 0. The molecule has 0 atom stereocenters. The zero-order valence-electron chi connectivity index (χ0n) is 18.0. The van der Waals surface area contributed by atoms with E-state index in [1.807, 2.05) is 32.0 Å². The van der Waals surface area contributed by atoms with Crippen LogP contribution in [0.5, 0.6) is 5.75 Å². The third-order valence-corrected chi connectivity index (χ3v) is 5.27. The van der Waals surface area contributed by atoms with Crippen molar-refractivity contribution in [3.05, 3.63) is 59.2 Å². The van der Waals surface area contributed by atoms with Crippen LogP contribution in [0.3, 0.4) is 0 Å². The number of anilines is 1. The van der Waals surface area contributed by atoms with Gasteiger partial charge in [0.05, 0.1) is 0 Å². The lowest BCUT2D eigenvalue weighted by atomic mass is 9.88. The topological polar surface area (TPSA) is 96.5 Å². The molecule has 3 rings (SSSR count). The number of benzene rings is 2. The van der Waals surface area contributed by atoms with Gasteiger partial charge in [-0.3, -0.25) is 25.2 Å². The first-order valence-corrected chi connectivity index (χ1v) is 10.6. The van der Waals surface area contributed by atoms with Crippen LogP contribution < -0.4 is 20.9 Å². The van der Waals surface area contributed by atoms with Gasteiger partial charge < -0.3 is 10.1 Å². The van der Waals surface area contributed by atoms with E-state index < -0.39 is 11.8 Å². The number of hydrazine groups is 1. The van der Waals surface area contributed by atoms with Gasteiger partial charge in [-0.25, -0.2) is 0 Å². The fourth-order valence-corrected chi connectivity index (χ4v) is 3.71. The zero-order chi connectivity index (χ0) is 22.2. The Hall–Kier alpha value is -3.35. The number of ether oxygens (including phenoxy) is 1. The van der Waals surface area contributed by atoms with Crippen LogP contribution in [0.2, 0.25) is 0 Å². The van der Waals surface area contributed by atoms with Gasteiger partial charge >= 0.3 is 0 Å². The lowest BCUT2D eigenvalue weighted by molar-refractivity contribution is -0.124. The van der Waals surface area contributed by atoms with Gasteiger partial charge in [-0.1, -0.05) is 25.3 Å². The maximum absolute atomic E-state index is 12.3. The van der Waals surface area contributed by atoms with E-state index in [4.69, 9.17) is 4.74 Å². The standard InChI is InChI=1S/C24H29N3O4/c1-16-12-17(2)14-21(13-16)31-15-22(28)26-27-24(30)19-8-10-20(11-9-19)25-23(29)18-6-4-3-5-7-18/h8-14,18H,3-7,15H2,1-2H3,(H,25,29)(H,26,28)(H,27,30). The lowest BCUT2D eigenvalue weighted by Gasteiger charge is -2.20. The molecule has 0 heterocycles. The van der Waals surface area contributed by atoms with Crippen molar-refractivity contribution in [3.8, 4) is 5.75 Å². The molecule has 7 heteroatoms. The average Bonchev–Trinajstić information content (AvgIpc) is 2.76. The number of carbonyl (C=O) groups excluding carboxylic acids is 3. The fraction of sp³-hybridized carbons (Fsp3) is 0.375. The molecule has 3 N–H and O–H groups in total. The van der Waals surface area contributed by atoms with Gasteiger partial charge in [-0.2, -0.15) is 0 Å². The predicted molar refractivity (Wildman–Crippen MR) is 119 cm³/mol. The second kappa shape index (κ2) is 10.6. The van der Waals surface area contributed by atoms with Gasteiger partial charge in [-0.05, 0) is 74.2 Å². The van der Waals surface area contributed by atoms with E-state index in [1.165, 1.54) is 6.42 Å². The molecule has 31 heavy (non-hydrogen) atoms. The largest absolute Gasteiger partial charge is 0.484 e. The monoisotopic (exact) mass is 423 g/mol. The van der Waals surface area contributed by atoms with Crippen molar-refractivity contribution in [2.24, 2.45) is 5.92 Å². The van der Waals surface area contributed by atoms with Crippen LogP contribution in [-0.4, -0.2) is 24.3 Å². The van der Waals surface area contributed by atoms with Gasteiger partial charge in [0.2, 0.25) is 5.91 Å². The molecule has 1 aliphatic rings. The molecule has 1 fully saturated rings. The van der Waals surface area contributed by atoms with Crippen LogP contribution in [0.25, 0.3) is 0 Å². The van der Waals surface area contributed by atoms with Gasteiger partial charge in [0.15, 0.2) is 6.61 Å². The van der Waals surface area contributed by atoms with Crippen LogP contribution >= 0.6 is 0 Å². The quantitative estimate of drug-likeness (QED) is 0.618. The van der Waals surface area contributed by atoms with E-state index in [0.29, 0.717) is 17.0 Å². The maximum atomic E-state index is 12.3. The molecular formula is C24H29N3O4. The summed E-state index contributed by atoms with van der Waals surface area (Å²) in [5, 5.41) is 2.91. The second-order valence-electron chi connectivity index (χ2n) is 8.02. The Bertz CT molecular complexity index is 914. The van der Waals surface area contributed by atoms with Crippen molar-refractivity contribution in [1.29, 1.82) is 0 Å². The van der Waals surface area contributed by atoms with Gasteiger partial charge in [0, 0.05) is 17.2 Å². The van der Waals surface area contributed by atoms with E-state index in [9.17, 15) is 14.4 Å². The summed E-state index contributed by atoms with van der Waals surface area (Å²) in [5.74, 6) is -0.218.